The van der Waals surface area contributed by atoms with Crippen molar-refractivity contribution in [2.24, 2.45) is 5.92 Å². The van der Waals surface area contributed by atoms with Crippen LogP contribution in [-0.2, 0) is 4.74 Å². The Morgan fingerprint density at radius 3 is 2.41 bits per heavy atom. The Morgan fingerprint density at radius 2 is 1.88 bits per heavy atom. The molecule has 1 aromatic carbocycles. The number of aryl methyl sites for hydroxylation is 1. The molecule has 0 amide bonds. The Bertz CT molecular complexity index is 307. The second-order valence-electron chi connectivity index (χ2n) is 4.83. The van der Waals surface area contributed by atoms with Crippen LogP contribution in [0.3, 0.4) is 0 Å². The zero-order valence-electron chi connectivity index (χ0n) is 11.5. The summed E-state index contributed by atoms with van der Waals surface area (Å²) in [7, 11) is 3.79. The van der Waals surface area contributed by atoms with Gasteiger partial charge in [-0.3, -0.25) is 0 Å². The maximum atomic E-state index is 5.18. The van der Waals surface area contributed by atoms with E-state index in [4.69, 9.17) is 4.74 Å². The molecular formula is C15H25NO. The summed E-state index contributed by atoms with van der Waals surface area (Å²) in [5.41, 5.74) is 2.75. The third kappa shape index (κ3) is 4.49. The minimum atomic E-state index is 0.566. The van der Waals surface area contributed by atoms with E-state index in [0.717, 1.165) is 19.6 Å². The number of likely N-dealkylation sites (N-methyl/N-ethyl adjacent to an activating group) is 1. The van der Waals surface area contributed by atoms with Crippen molar-refractivity contribution in [3.8, 4) is 0 Å². The predicted molar refractivity (Wildman–Crippen MR) is 73.5 cm³/mol. The molecule has 1 aromatic rings. The van der Waals surface area contributed by atoms with E-state index < -0.39 is 0 Å². The minimum Gasteiger partial charge on any atom is -0.385 e. The average Bonchev–Trinajstić information content (AvgIpc) is 2.34. The van der Waals surface area contributed by atoms with Crippen LogP contribution in [0.15, 0.2) is 24.3 Å². The number of hydrogen-bond donors (Lipinski definition) is 1. The van der Waals surface area contributed by atoms with E-state index in [-0.39, 0.29) is 0 Å². The maximum Gasteiger partial charge on any atom is 0.0465 e. The number of ether oxygens (including phenoxy) is 1. The molecule has 1 rings (SSSR count). The van der Waals surface area contributed by atoms with Crippen molar-refractivity contribution in [1.82, 2.24) is 5.32 Å². The Balaban J connectivity index is 2.73. The van der Waals surface area contributed by atoms with Gasteiger partial charge >= 0.3 is 0 Å². The van der Waals surface area contributed by atoms with Gasteiger partial charge in [0, 0.05) is 20.3 Å². The standard InChI is InChI=1S/C15H25NO/c1-12-5-7-14(8-6-12)15(11-16-3)13(2)9-10-17-4/h5-8,13,15-16H,9-11H2,1-4H3. The summed E-state index contributed by atoms with van der Waals surface area (Å²) in [5, 5.41) is 3.30. The molecular weight excluding hydrogens is 210 g/mol. The zero-order chi connectivity index (χ0) is 12.7. The Labute approximate surface area is 105 Å². The van der Waals surface area contributed by atoms with E-state index in [2.05, 4.69) is 43.4 Å². The van der Waals surface area contributed by atoms with E-state index in [1.54, 1.807) is 7.11 Å². The molecule has 2 nitrogen and oxygen atoms in total. The minimum absolute atomic E-state index is 0.566. The van der Waals surface area contributed by atoms with Crippen LogP contribution in [0.25, 0.3) is 0 Å². The number of nitrogens with one attached hydrogen (secondary N) is 1. The van der Waals surface area contributed by atoms with Crippen LogP contribution in [0.4, 0.5) is 0 Å². The Morgan fingerprint density at radius 1 is 1.24 bits per heavy atom. The van der Waals surface area contributed by atoms with Gasteiger partial charge in [-0.15, -0.1) is 0 Å². The smallest absolute Gasteiger partial charge is 0.0465 e. The van der Waals surface area contributed by atoms with Gasteiger partial charge in [0.15, 0.2) is 0 Å². The van der Waals surface area contributed by atoms with Crippen molar-refractivity contribution in [3.05, 3.63) is 35.4 Å². The average molecular weight is 235 g/mol. The fourth-order valence-electron chi connectivity index (χ4n) is 2.19. The monoisotopic (exact) mass is 235 g/mol. The summed E-state index contributed by atoms with van der Waals surface area (Å²) in [6.07, 6.45) is 1.11. The molecule has 0 radical (unpaired) electrons. The van der Waals surface area contributed by atoms with Crippen LogP contribution in [0, 0.1) is 12.8 Å². The van der Waals surface area contributed by atoms with Gasteiger partial charge in [-0.25, -0.2) is 0 Å². The molecule has 0 aliphatic heterocycles. The lowest BCUT2D eigenvalue weighted by Gasteiger charge is -2.24. The first-order valence-corrected chi connectivity index (χ1v) is 6.39. The van der Waals surface area contributed by atoms with Gasteiger partial charge < -0.3 is 10.1 Å². The molecule has 96 valence electrons. The van der Waals surface area contributed by atoms with Crippen LogP contribution in [0.2, 0.25) is 0 Å². The van der Waals surface area contributed by atoms with E-state index in [9.17, 15) is 0 Å². The lowest BCUT2D eigenvalue weighted by Crippen LogP contribution is -2.23. The molecule has 0 aromatic heterocycles. The third-order valence-electron chi connectivity index (χ3n) is 3.39. The number of rotatable bonds is 7. The molecule has 0 heterocycles. The van der Waals surface area contributed by atoms with E-state index in [0.29, 0.717) is 11.8 Å². The van der Waals surface area contributed by atoms with Gasteiger partial charge in [-0.2, -0.15) is 0 Å². The lowest BCUT2D eigenvalue weighted by atomic mass is 9.85. The molecule has 1 N–H and O–H groups in total. The predicted octanol–water partition coefficient (Wildman–Crippen LogP) is 2.97. The summed E-state index contributed by atoms with van der Waals surface area (Å²) in [6.45, 7) is 6.30. The summed E-state index contributed by atoms with van der Waals surface area (Å²) < 4.78 is 5.18. The van der Waals surface area contributed by atoms with Gasteiger partial charge in [0.2, 0.25) is 0 Å². The van der Waals surface area contributed by atoms with Gasteiger partial charge in [-0.1, -0.05) is 36.8 Å². The van der Waals surface area contributed by atoms with E-state index in [1.165, 1.54) is 11.1 Å². The molecule has 2 atom stereocenters. The van der Waals surface area contributed by atoms with Gasteiger partial charge in [-0.05, 0) is 37.8 Å². The third-order valence-corrected chi connectivity index (χ3v) is 3.39. The highest BCUT2D eigenvalue weighted by Crippen LogP contribution is 2.26. The molecule has 0 bridgehead atoms. The van der Waals surface area contributed by atoms with Crippen LogP contribution in [0.1, 0.15) is 30.4 Å². The van der Waals surface area contributed by atoms with Gasteiger partial charge in [0.25, 0.3) is 0 Å². The SMILES string of the molecule is CNCC(c1ccc(C)cc1)C(C)CCOC. The van der Waals surface area contributed by atoms with Crippen LogP contribution in [0.5, 0.6) is 0 Å². The first kappa shape index (κ1) is 14.2. The van der Waals surface area contributed by atoms with Crippen molar-refractivity contribution in [3.63, 3.8) is 0 Å². The molecule has 17 heavy (non-hydrogen) atoms. The van der Waals surface area contributed by atoms with E-state index >= 15 is 0 Å². The van der Waals surface area contributed by atoms with Crippen molar-refractivity contribution >= 4 is 0 Å². The maximum absolute atomic E-state index is 5.18. The lowest BCUT2D eigenvalue weighted by molar-refractivity contribution is 0.174. The second-order valence-corrected chi connectivity index (χ2v) is 4.83. The Kier molecular flexibility index (Phi) is 6.23. The number of hydrogen-bond acceptors (Lipinski definition) is 2. The van der Waals surface area contributed by atoms with Crippen molar-refractivity contribution < 1.29 is 4.74 Å². The summed E-state index contributed by atoms with van der Waals surface area (Å²) in [6, 6.07) is 8.89. The highest BCUT2D eigenvalue weighted by atomic mass is 16.5. The van der Waals surface area contributed by atoms with Crippen LogP contribution >= 0.6 is 0 Å². The Hall–Kier alpha value is -0.860. The molecule has 2 heteroatoms. The first-order valence-electron chi connectivity index (χ1n) is 6.39. The second kappa shape index (κ2) is 7.46. The largest absolute Gasteiger partial charge is 0.385 e. The molecule has 0 saturated heterocycles. The fourth-order valence-corrected chi connectivity index (χ4v) is 2.19. The fraction of sp³-hybridized carbons (Fsp3) is 0.600. The highest BCUT2D eigenvalue weighted by Gasteiger charge is 2.18. The zero-order valence-corrected chi connectivity index (χ0v) is 11.5. The van der Waals surface area contributed by atoms with Gasteiger partial charge in [0.05, 0.1) is 0 Å². The quantitative estimate of drug-likeness (QED) is 0.784. The van der Waals surface area contributed by atoms with Crippen LogP contribution < -0.4 is 5.32 Å². The van der Waals surface area contributed by atoms with Crippen LogP contribution in [-0.4, -0.2) is 27.3 Å². The summed E-state index contributed by atoms with van der Waals surface area (Å²) >= 11 is 0. The summed E-state index contributed by atoms with van der Waals surface area (Å²) in [5.74, 6) is 1.20. The molecule has 0 spiro atoms. The highest BCUT2D eigenvalue weighted by molar-refractivity contribution is 5.25. The normalized spacial score (nSPS) is 14.6. The molecule has 0 aliphatic carbocycles. The number of benzene rings is 1. The molecule has 0 aliphatic rings. The topological polar surface area (TPSA) is 21.3 Å². The molecule has 0 saturated carbocycles. The molecule has 0 fully saturated rings. The van der Waals surface area contributed by atoms with Crippen molar-refractivity contribution in [2.75, 3.05) is 27.3 Å². The summed E-state index contributed by atoms with van der Waals surface area (Å²) in [4.78, 5) is 0. The number of methoxy groups -OCH3 is 1. The molecule has 2 unspecified atom stereocenters. The van der Waals surface area contributed by atoms with E-state index in [1.807, 2.05) is 7.05 Å². The first-order chi connectivity index (χ1) is 8.19. The van der Waals surface area contributed by atoms with Crippen molar-refractivity contribution in [2.45, 2.75) is 26.2 Å². The van der Waals surface area contributed by atoms with Crippen molar-refractivity contribution in [1.29, 1.82) is 0 Å². The van der Waals surface area contributed by atoms with Gasteiger partial charge in [0.1, 0.15) is 0 Å².